The van der Waals surface area contributed by atoms with Gasteiger partial charge in [0.05, 0.1) is 19.1 Å². The van der Waals surface area contributed by atoms with E-state index in [0.717, 1.165) is 17.4 Å². The van der Waals surface area contributed by atoms with E-state index in [0.29, 0.717) is 38.5 Å². The second-order valence-electron chi connectivity index (χ2n) is 5.95. The van der Waals surface area contributed by atoms with Crippen LogP contribution in [-0.4, -0.2) is 47.0 Å². The second kappa shape index (κ2) is 7.30. The van der Waals surface area contributed by atoms with E-state index in [-0.39, 0.29) is 5.91 Å². The molecule has 26 heavy (non-hydrogen) atoms. The highest BCUT2D eigenvalue weighted by Crippen LogP contribution is 2.18. The van der Waals surface area contributed by atoms with Gasteiger partial charge in [0, 0.05) is 32.2 Å². The number of hydrogen-bond acceptors (Lipinski definition) is 7. The van der Waals surface area contributed by atoms with Gasteiger partial charge in [0.15, 0.2) is 5.76 Å². The molecular weight excluding hydrogens is 334 g/mol. The summed E-state index contributed by atoms with van der Waals surface area (Å²) >= 11 is 0. The Morgan fingerprint density at radius 1 is 1.08 bits per heavy atom. The van der Waals surface area contributed by atoms with Crippen LogP contribution in [0.15, 0.2) is 58.0 Å². The van der Waals surface area contributed by atoms with Crippen LogP contribution in [0.5, 0.6) is 0 Å². The van der Waals surface area contributed by atoms with Gasteiger partial charge in [0.2, 0.25) is 0 Å². The summed E-state index contributed by atoms with van der Waals surface area (Å²) in [5, 5.41) is 3.22. The quantitative estimate of drug-likeness (QED) is 0.752. The molecule has 4 heterocycles. The SMILES string of the molecule is O=C(c1ccco1)N1CCN(c2cc(NCc3ccco3)ncn2)CC1. The molecule has 8 heteroatoms. The monoisotopic (exact) mass is 353 g/mol. The van der Waals surface area contributed by atoms with Crippen molar-refractivity contribution in [1.82, 2.24) is 14.9 Å². The van der Waals surface area contributed by atoms with Gasteiger partial charge in [-0.15, -0.1) is 0 Å². The van der Waals surface area contributed by atoms with Gasteiger partial charge in [-0.25, -0.2) is 9.97 Å². The fraction of sp³-hybridized carbons (Fsp3) is 0.278. The van der Waals surface area contributed by atoms with E-state index in [1.807, 2.05) is 18.2 Å². The molecule has 0 aromatic carbocycles. The number of nitrogens with one attached hydrogen (secondary N) is 1. The molecule has 1 aliphatic rings. The van der Waals surface area contributed by atoms with E-state index >= 15 is 0 Å². The topological polar surface area (TPSA) is 87.6 Å². The van der Waals surface area contributed by atoms with Gasteiger partial charge in [-0.05, 0) is 24.3 Å². The van der Waals surface area contributed by atoms with Gasteiger partial charge < -0.3 is 24.0 Å². The fourth-order valence-electron chi connectivity index (χ4n) is 2.90. The zero-order valence-corrected chi connectivity index (χ0v) is 14.2. The predicted molar refractivity (Wildman–Crippen MR) is 94.9 cm³/mol. The number of amides is 1. The summed E-state index contributed by atoms with van der Waals surface area (Å²) in [5.74, 6) is 2.73. The zero-order chi connectivity index (χ0) is 17.8. The number of carbonyl (C=O) groups is 1. The Hall–Kier alpha value is -3.29. The molecular formula is C18H19N5O3. The summed E-state index contributed by atoms with van der Waals surface area (Å²) in [6, 6.07) is 9.08. The smallest absolute Gasteiger partial charge is 0.289 e. The highest BCUT2D eigenvalue weighted by atomic mass is 16.3. The van der Waals surface area contributed by atoms with Crippen molar-refractivity contribution in [1.29, 1.82) is 0 Å². The van der Waals surface area contributed by atoms with Crippen molar-refractivity contribution < 1.29 is 13.6 Å². The first-order valence-electron chi connectivity index (χ1n) is 8.45. The van der Waals surface area contributed by atoms with Gasteiger partial charge in [-0.3, -0.25) is 4.79 Å². The minimum absolute atomic E-state index is 0.0712. The second-order valence-corrected chi connectivity index (χ2v) is 5.95. The van der Waals surface area contributed by atoms with E-state index in [4.69, 9.17) is 8.83 Å². The van der Waals surface area contributed by atoms with Gasteiger partial charge in [-0.1, -0.05) is 0 Å². The van der Waals surface area contributed by atoms with Gasteiger partial charge in [0.25, 0.3) is 5.91 Å². The van der Waals surface area contributed by atoms with Crippen LogP contribution in [0.2, 0.25) is 0 Å². The molecule has 1 fully saturated rings. The number of rotatable bonds is 5. The maximum absolute atomic E-state index is 12.3. The highest BCUT2D eigenvalue weighted by Gasteiger charge is 2.24. The third-order valence-electron chi connectivity index (χ3n) is 4.30. The molecule has 4 rings (SSSR count). The molecule has 0 radical (unpaired) electrons. The summed E-state index contributed by atoms with van der Waals surface area (Å²) in [7, 11) is 0. The standard InChI is InChI=1S/C18H19N5O3/c24-18(15-4-2-10-26-15)23-7-5-22(6-8-23)17-11-16(20-13-21-17)19-12-14-3-1-9-25-14/h1-4,9-11,13H,5-8,12H2,(H,19,20,21). The molecule has 0 bridgehead atoms. The van der Waals surface area contributed by atoms with Crippen LogP contribution in [0, 0.1) is 0 Å². The van der Waals surface area contributed by atoms with Crippen LogP contribution in [0.25, 0.3) is 0 Å². The minimum Gasteiger partial charge on any atom is -0.467 e. The first-order chi connectivity index (χ1) is 12.8. The van der Waals surface area contributed by atoms with Crippen LogP contribution in [0.1, 0.15) is 16.3 Å². The first kappa shape index (κ1) is 16.2. The number of furan rings is 2. The third-order valence-corrected chi connectivity index (χ3v) is 4.30. The molecule has 1 N–H and O–H groups in total. The Balaban J connectivity index is 1.35. The van der Waals surface area contributed by atoms with Gasteiger partial charge in [0.1, 0.15) is 23.7 Å². The normalized spacial score (nSPS) is 14.5. The summed E-state index contributed by atoms with van der Waals surface area (Å²) in [6.07, 6.45) is 4.70. The lowest BCUT2D eigenvalue weighted by Gasteiger charge is -2.35. The predicted octanol–water partition coefficient (Wildman–Crippen LogP) is 2.24. The molecule has 1 aliphatic heterocycles. The minimum atomic E-state index is -0.0712. The third kappa shape index (κ3) is 3.53. The van der Waals surface area contributed by atoms with Crippen LogP contribution in [0.3, 0.4) is 0 Å². The maximum atomic E-state index is 12.3. The Labute approximate surface area is 150 Å². The van der Waals surface area contributed by atoms with Crippen molar-refractivity contribution in [2.75, 3.05) is 36.4 Å². The molecule has 1 amide bonds. The van der Waals surface area contributed by atoms with E-state index in [9.17, 15) is 4.79 Å². The van der Waals surface area contributed by atoms with E-state index < -0.39 is 0 Å². The molecule has 3 aromatic rings. The van der Waals surface area contributed by atoms with Crippen molar-refractivity contribution in [2.45, 2.75) is 6.54 Å². The van der Waals surface area contributed by atoms with Crippen LogP contribution in [-0.2, 0) is 6.54 Å². The van der Waals surface area contributed by atoms with E-state index in [1.54, 1.807) is 29.6 Å². The molecule has 134 valence electrons. The summed E-state index contributed by atoms with van der Waals surface area (Å²) in [4.78, 5) is 24.9. The van der Waals surface area contributed by atoms with E-state index in [1.165, 1.54) is 6.26 Å². The van der Waals surface area contributed by atoms with Crippen molar-refractivity contribution in [3.8, 4) is 0 Å². The van der Waals surface area contributed by atoms with E-state index in [2.05, 4.69) is 20.2 Å². The molecule has 0 saturated carbocycles. The number of hydrogen-bond donors (Lipinski definition) is 1. The molecule has 8 nitrogen and oxygen atoms in total. The number of carbonyl (C=O) groups excluding carboxylic acids is 1. The van der Waals surface area contributed by atoms with Gasteiger partial charge in [-0.2, -0.15) is 0 Å². The lowest BCUT2D eigenvalue weighted by atomic mass is 10.3. The average Bonchev–Trinajstić information content (AvgIpc) is 3.40. The summed E-state index contributed by atoms with van der Waals surface area (Å²) in [6.45, 7) is 3.23. The van der Waals surface area contributed by atoms with Crippen molar-refractivity contribution in [2.24, 2.45) is 0 Å². The van der Waals surface area contributed by atoms with Crippen LogP contribution >= 0.6 is 0 Å². The molecule has 0 unspecified atom stereocenters. The Kier molecular flexibility index (Phi) is 4.55. The summed E-state index contributed by atoms with van der Waals surface area (Å²) in [5.41, 5.74) is 0. The van der Waals surface area contributed by atoms with Crippen molar-refractivity contribution in [3.63, 3.8) is 0 Å². The van der Waals surface area contributed by atoms with Crippen molar-refractivity contribution >= 4 is 17.5 Å². The lowest BCUT2D eigenvalue weighted by Crippen LogP contribution is -2.49. The molecule has 3 aromatic heterocycles. The number of anilines is 2. The first-order valence-corrected chi connectivity index (χ1v) is 8.45. The fourth-order valence-corrected chi connectivity index (χ4v) is 2.90. The Morgan fingerprint density at radius 2 is 1.88 bits per heavy atom. The molecule has 0 aliphatic carbocycles. The highest BCUT2D eigenvalue weighted by molar-refractivity contribution is 5.91. The Bertz CT molecular complexity index is 840. The van der Waals surface area contributed by atoms with Crippen molar-refractivity contribution in [3.05, 3.63) is 60.7 Å². The number of nitrogens with zero attached hydrogens (tertiary/aromatic N) is 4. The Morgan fingerprint density at radius 3 is 2.62 bits per heavy atom. The number of aromatic nitrogens is 2. The van der Waals surface area contributed by atoms with Crippen LogP contribution < -0.4 is 10.2 Å². The van der Waals surface area contributed by atoms with Gasteiger partial charge >= 0.3 is 0 Å². The van der Waals surface area contributed by atoms with Crippen LogP contribution in [0.4, 0.5) is 11.6 Å². The number of piperazine rings is 1. The molecule has 0 atom stereocenters. The molecule has 1 saturated heterocycles. The molecule has 0 spiro atoms. The summed E-state index contributed by atoms with van der Waals surface area (Å²) < 4.78 is 10.5. The lowest BCUT2D eigenvalue weighted by molar-refractivity contribution is 0.0714. The largest absolute Gasteiger partial charge is 0.467 e. The maximum Gasteiger partial charge on any atom is 0.289 e. The zero-order valence-electron chi connectivity index (χ0n) is 14.2. The average molecular weight is 353 g/mol.